The molecule has 0 spiro atoms. The monoisotopic (exact) mass is 451 g/mol. The molecule has 1 aliphatic carbocycles. The number of benzene rings is 1. The van der Waals surface area contributed by atoms with Crippen LogP contribution in [-0.4, -0.2) is 26.0 Å². The Balaban J connectivity index is 1.41. The highest BCUT2D eigenvalue weighted by atomic mass is 35.5. The highest BCUT2D eigenvalue weighted by molar-refractivity contribution is 7.10. The Kier molecular flexibility index (Phi) is 6.96. The number of halogens is 1. The zero-order valence-electron chi connectivity index (χ0n) is 17.0. The van der Waals surface area contributed by atoms with E-state index in [1.807, 2.05) is 23.7 Å². The molecule has 0 saturated heterocycles. The fourth-order valence-corrected chi connectivity index (χ4v) is 4.59. The lowest BCUT2D eigenvalue weighted by Crippen LogP contribution is -2.09. The Morgan fingerprint density at radius 1 is 1.19 bits per heavy atom. The first kappa shape index (κ1) is 21.5. The van der Waals surface area contributed by atoms with E-state index in [1.165, 1.54) is 35.4 Å². The van der Waals surface area contributed by atoms with Crippen molar-refractivity contribution in [1.29, 1.82) is 0 Å². The molecular weight excluding hydrogens is 430 g/mol. The molecule has 0 saturated carbocycles. The number of nitrogens with zero attached hydrogens (tertiary/aromatic N) is 3. The first-order valence-electron chi connectivity index (χ1n) is 10.3. The van der Waals surface area contributed by atoms with Crippen molar-refractivity contribution in [2.45, 2.75) is 50.9 Å². The topological polar surface area (TPSA) is 76.0 Å². The van der Waals surface area contributed by atoms with Crippen LogP contribution in [0.15, 0.2) is 35.8 Å². The quantitative estimate of drug-likeness (QED) is 0.541. The first-order chi connectivity index (χ1) is 15.1. The molecular formula is C24H22ClN3O2S. The van der Waals surface area contributed by atoms with Crippen LogP contribution in [0.2, 0.25) is 5.02 Å². The number of aliphatic carboxylic acids is 1. The highest BCUT2D eigenvalue weighted by Gasteiger charge is 2.18. The van der Waals surface area contributed by atoms with E-state index in [-0.39, 0.29) is 12.3 Å². The van der Waals surface area contributed by atoms with Crippen LogP contribution < -0.4 is 0 Å². The standard InChI is InChI=1S/C24H22ClN3O2S/c25-19-10-8-16(9-11-19)18(13-24(29)30)12-20-15-31-23(27-20)7-3-6-22-26-14-17-4-1-2-5-21(17)28-22/h8-11,14-15,18H,1-2,4-6,12-13H2,(H,29,30). The predicted molar refractivity (Wildman–Crippen MR) is 122 cm³/mol. The van der Waals surface area contributed by atoms with Gasteiger partial charge in [0, 0.05) is 22.3 Å². The second-order valence-corrected chi connectivity index (χ2v) is 8.93. The van der Waals surface area contributed by atoms with Gasteiger partial charge < -0.3 is 5.11 Å². The maximum absolute atomic E-state index is 11.3. The molecule has 1 unspecified atom stereocenters. The van der Waals surface area contributed by atoms with Crippen molar-refractivity contribution in [1.82, 2.24) is 15.0 Å². The van der Waals surface area contributed by atoms with E-state index in [4.69, 9.17) is 11.6 Å². The summed E-state index contributed by atoms with van der Waals surface area (Å²) in [5, 5.41) is 12.6. The van der Waals surface area contributed by atoms with E-state index < -0.39 is 5.97 Å². The van der Waals surface area contributed by atoms with Gasteiger partial charge in [0.05, 0.1) is 18.5 Å². The van der Waals surface area contributed by atoms with E-state index in [2.05, 4.69) is 26.8 Å². The Morgan fingerprint density at radius 3 is 2.81 bits per heavy atom. The smallest absolute Gasteiger partial charge is 0.303 e. The summed E-state index contributed by atoms with van der Waals surface area (Å²) in [4.78, 5) is 25.0. The van der Waals surface area contributed by atoms with Gasteiger partial charge in [-0.25, -0.2) is 15.0 Å². The minimum absolute atomic E-state index is 0.0375. The summed E-state index contributed by atoms with van der Waals surface area (Å²) in [6.07, 6.45) is 7.52. The van der Waals surface area contributed by atoms with Crippen LogP contribution in [0.3, 0.4) is 0 Å². The Bertz CT molecular complexity index is 1130. The van der Waals surface area contributed by atoms with Gasteiger partial charge in [-0.15, -0.1) is 11.3 Å². The van der Waals surface area contributed by atoms with Crippen LogP contribution in [0.4, 0.5) is 0 Å². The number of thiazole rings is 1. The lowest BCUT2D eigenvalue weighted by atomic mass is 9.91. The molecule has 3 aromatic rings. The molecule has 0 bridgehead atoms. The number of hydrogen-bond acceptors (Lipinski definition) is 5. The number of rotatable bonds is 6. The second-order valence-electron chi connectivity index (χ2n) is 7.64. The van der Waals surface area contributed by atoms with E-state index in [0.717, 1.165) is 34.9 Å². The normalized spacial score (nSPS) is 13.7. The molecule has 2 aromatic heterocycles. The van der Waals surface area contributed by atoms with Crippen molar-refractivity contribution in [2.75, 3.05) is 0 Å². The van der Waals surface area contributed by atoms with E-state index >= 15 is 0 Å². The number of carboxylic acids is 1. The van der Waals surface area contributed by atoms with Gasteiger partial charge in [-0.3, -0.25) is 4.79 Å². The average molecular weight is 452 g/mol. The lowest BCUT2D eigenvalue weighted by Gasteiger charge is -2.14. The third-order valence-electron chi connectivity index (χ3n) is 5.33. The van der Waals surface area contributed by atoms with Crippen LogP contribution in [0, 0.1) is 11.8 Å². The fourth-order valence-electron chi connectivity index (χ4n) is 3.76. The summed E-state index contributed by atoms with van der Waals surface area (Å²) >= 11 is 7.43. The Morgan fingerprint density at radius 2 is 2.00 bits per heavy atom. The summed E-state index contributed by atoms with van der Waals surface area (Å²) < 4.78 is 0. The average Bonchev–Trinajstić information content (AvgIpc) is 3.20. The molecule has 0 amide bonds. The van der Waals surface area contributed by atoms with Gasteiger partial charge in [-0.05, 0) is 67.2 Å². The summed E-state index contributed by atoms with van der Waals surface area (Å²) in [7, 11) is 0. The molecule has 1 N–H and O–H groups in total. The largest absolute Gasteiger partial charge is 0.481 e. The van der Waals surface area contributed by atoms with Gasteiger partial charge in [0.1, 0.15) is 5.82 Å². The third-order valence-corrected chi connectivity index (χ3v) is 6.38. The van der Waals surface area contributed by atoms with Crippen molar-refractivity contribution >= 4 is 28.9 Å². The van der Waals surface area contributed by atoms with Gasteiger partial charge >= 0.3 is 5.97 Å². The van der Waals surface area contributed by atoms with Gasteiger partial charge in [-0.1, -0.05) is 29.7 Å². The lowest BCUT2D eigenvalue weighted by molar-refractivity contribution is -0.137. The first-order valence-corrected chi connectivity index (χ1v) is 11.6. The van der Waals surface area contributed by atoms with Crippen molar-refractivity contribution in [2.24, 2.45) is 0 Å². The van der Waals surface area contributed by atoms with Gasteiger partial charge in [0.25, 0.3) is 0 Å². The second kappa shape index (κ2) is 10.0. The molecule has 1 aromatic carbocycles. The van der Waals surface area contributed by atoms with E-state index in [0.29, 0.717) is 17.9 Å². The van der Waals surface area contributed by atoms with Gasteiger partial charge in [-0.2, -0.15) is 0 Å². The molecule has 1 atom stereocenters. The van der Waals surface area contributed by atoms with Crippen molar-refractivity contribution in [3.63, 3.8) is 0 Å². The molecule has 0 radical (unpaired) electrons. The van der Waals surface area contributed by atoms with Crippen LogP contribution in [0.5, 0.6) is 0 Å². The van der Waals surface area contributed by atoms with Crippen molar-refractivity contribution < 1.29 is 9.90 Å². The van der Waals surface area contributed by atoms with Crippen LogP contribution >= 0.6 is 22.9 Å². The third kappa shape index (κ3) is 5.90. The van der Waals surface area contributed by atoms with Crippen LogP contribution in [0.1, 0.15) is 58.5 Å². The van der Waals surface area contributed by atoms with Crippen molar-refractivity contribution in [3.05, 3.63) is 74.2 Å². The van der Waals surface area contributed by atoms with E-state index in [1.54, 1.807) is 12.1 Å². The van der Waals surface area contributed by atoms with E-state index in [9.17, 15) is 9.90 Å². The molecule has 31 heavy (non-hydrogen) atoms. The summed E-state index contributed by atoms with van der Waals surface area (Å²) in [5.41, 5.74) is 4.22. The summed E-state index contributed by atoms with van der Waals surface area (Å²) in [6, 6.07) is 7.32. The number of hydrogen-bond donors (Lipinski definition) is 1. The SMILES string of the molecule is O=C(O)CC(Cc1csc(C#CCc2ncc3c(n2)CCCC3)n1)c1ccc(Cl)cc1. The molecule has 4 rings (SSSR count). The maximum atomic E-state index is 11.3. The predicted octanol–water partition coefficient (Wildman–Crippen LogP) is 4.86. The summed E-state index contributed by atoms with van der Waals surface area (Å²) in [6.45, 7) is 0. The molecule has 0 aliphatic heterocycles. The molecule has 5 nitrogen and oxygen atoms in total. The number of aromatic nitrogens is 3. The summed E-state index contributed by atoms with van der Waals surface area (Å²) in [5.74, 6) is 5.98. The molecule has 158 valence electrons. The van der Waals surface area contributed by atoms with Crippen LogP contribution in [0.25, 0.3) is 0 Å². The minimum Gasteiger partial charge on any atom is -0.481 e. The molecule has 2 heterocycles. The number of carboxylic acid groups (broad SMARTS) is 1. The number of aryl methyl sites for hydroxylation is 2. The number of carbonyl (C=O) groups is 1. The molecule has 0 fully saturated rings. The van der Waals surface area contributed by atoms with Gasteiger partial charge in [0.2, 0.25) is 0 Å². The van der Waals surface area contributed by atoms with Gasteiger partial charge in [0.15, 0.2) is 5.01 Å². The molecule has 1 aliphatic rings. The number of fused-ring (bicyclic) bond motifs is 1. The zero-order chi connectivity index (χ0) is 21.6. The Hall–Kier alpha value is -2.75. The van der Waals surface area contributed by atoms with Crippen molar-refractivity contribution in [3.8, 4) is 11.8 Å². The highest BCUT2D eigenvalue weighted by Crippen LogP contribution is 2.26. The Labute approximate surface area is 190 Å². The fraction of sp³-hybridized carbons (Fsp3) is 0.333. The maximum Gasteiger partial charge on any atom is 0.303 e. The molecule has 7 heteroatoms. The zero-order valence-corrected chi connectivity index (χ0v) is 18.5. The van der Waals surface area contributed by atoms with Crippen LogP contribution in [-0.2, 0) is 30.5 Å². The minimum atomic E-state index is -0.833.